The van der Waals surface area contributed by atoms with Crippen molar-refractivity contribution in [1.82, 2.24) is 5.32 Å². The predicted molar refractivity (Wildman–Crippen MR) is 88.3 cm³/mol. The molecule has 0 aliphatic heterocycles. The first-order valence-corrected chi connectivity index (χ1v) is 6.94. The molecule has 0 radical (unpaired) electrons. The van der Waals surface area contributed by atoms with Crippen molar-refractivity contribution in [3.63, 3.8) is 0 Å². The van der Waals surface area contributed by atoms with Crippen molar-refractivity contribution in [3.05, 3.63) is 38.7 Å². The summed E-state index contributed by atoms with van der Waals surface area (Å²) in [4.78, 5) is 11.7. The van der Waals surface area contributed by atoms with E-state index in [0.29, 0.717) is 12.2 Å². The average Bonchev–Trinajstić information content (AvgIpc) is 2.44. The van der Waals surface area contributed by atoms with Gasteiger partial charge >= 0.3 is 5.63 Å². The fourth-order valence-electron chi connectivity index (χ4n) is 2.10. The van der Waals surface area contributed by atoms with Gasteiger partial charge in [0.2, 0.25) is 0 Å². The Hall–Kier alpha value is -1.23. The van der Waals surface area contributed by atoms with Crippen molar-refractivity contribution < 1.29 is 9.15 Å². The average molecular weight is 332 g/mol. The molecule has 0 spiro atoms. The molecule has 4 nitrogen and oxygen atoms in total. The molecule has 0 aliphatic rings. The molecule has 2 aromatic rings. The number of hydrogen-bond acceptors (Lipinski definition) is 4. The van der Waals surface area contributed by atoms with E-state index >= 15 is 0 Å². The highest BCUT2D eigenvalue weighted by atomic mass is 35.5. The van der Waals surface area contributed by atoms with Gasteiger partial charge in [0, 0.05) is 10.9 Å². The van der Waals surface area contributed by atoms with Crippen LogP contribution in [0.1, 0.15) is 17.5 Å². The normalized spacial score (nSPS) is 10.5. The van der Waals surface area contributed by atoms with E-state index in [9.17, 15) is 4.79 Å². The maximum Gasteiger partial charge on any atom is 0.355 e. The molecule has 0 amide bonds. The second-order valence-electron chi connectivity index (χ2n) is 4.70. The minimum atomic E-state index is -0.507. The van der Waals surface area contributed by atoms with Crippen molar-refractivity contribution in [1.29, 1.82) is 0 Å². The van der Waals surface area contributed by atoms with Crippen LogP contribution in [0.2, 0.25) is 5.02 Å². The maximum absolute atomic E-state index is 11.7. The molecule has 116 valence electrons. The van der Waals surface area contributed by atoms with E-state index in [1.54, 1.807) is 0 Å². The Morgan fingerprint density at radius 2 is 2.00 bits per heavy atom. The van der Waals surface area contributed by atoms with Crippen molar-refractivity contribution in [2.75, 3.05) is 20.2 Å². The zero-order valence-corrected chi connectivity index (χ0v) is 13.9. The lowest BCUT2D eigenvalue weighted by Crippen LogP contribution is -2.12. The standard InChI is InChI=1S/C15H18ClNO3.ClH/c1-9-11-5-6-12(19-8-4-7-17-3)10(2)14(11)20-15(18)13(9)16;/h5-6,17H,4,7-8H2,1-3H3;1H. The van der Waals surface area contributed by atoms with Crippen LogP contribution < -0.4 is 15.7 Å². The predicted octanol–water partition coefficient (Wildman–Crippen LogP) is 3.47. The Bertz CT molecular complexity index is 683. The molecule has 1 aromatic carbocycles. The Morgan fingerprint density at radius 1 is 1.29 bits per heavy atom. The van der Waals surface area contributed by atoms with Gasteiger partial charge in [0.15, 0.2) is 0 Å². The highest BCUT2D eigenvalue weighted by Crippen LogP contribution is 2.30. The molecular formula is C15H19Cl2NO3. The second-order valence-corrected chi connectivity index (χ2v) is 5.08. The number of aryl methyl sites for hydroxylation is 2. The molecule has 21 heavy (non-hydrogen) atoms. The molecule has 6 heteroatoms. The summed E-state index contributed by atoms with van der Waals surface area (Å²) in [6, 6.07) is 3.76. The zero-order valence-electron chi connectivity index (χ0n) is 12.3. The van der Waals surface area contributed by atoms with Gasteiger partial charge in [-0.2, -0.15) is 0 Å². The van der Waals surface area contributed by atoms with Crippen molar-refractivity contribution >= 4 is 35.0 Å². The first-order valence-electron chi connectivity index (χ1n) is 6.56. The van der Waals surface area contributed by atoms with Crippen LogP contribution in [0.4, 0.5) is 0 Å². The molecule has 0 saturated heterocycles. The smallest absolute Gasteiger partial charge is 0.355 e. The quantitative estimate of drug-likeness (QED) is 0.673. The monoisotopic (exact) mass is 331 g/mol. The van der Waals surface area contributed by atoms with Gasteiger partial charge in [-0.15, -0.1) is 12.4 Å². The summed E-state index contributed by atoms with van der Waals surface area (Å²) in [5.41, 5.74) is 1.60. The fraction of sp³-hybridized carbons (Fsp3) is 0.400. The third kappa shape index (κ3) is 3.70. The Morgan fingerprint density at radius 3 is 2.67 bits per heavy atom. The molecular weight excluding hydrogens is 313 g/mol. The van der Waals surface area contributed by atoms with Gasteiger partial charge in [-0.3, -0.25) is 0 Å². The summed E-state index contributed by atoms with van der Waals surface area (Å²) in [5, 5.41) is 4.05. The largest absolute Gasteiger partial charge is 0.493 e. The molecule has 0 atom stereocenters. The topological polar surface area (TPSA) is 51.5 Å². The third-order valence-corrected chi connectivity index (χ3v) is 3.73. The van der Waals surface area contributed by atoms with Crippen LogP contribution in [0, 0.1) is 13.8 Å². The Labute approximate surface area is 134 Å². The molecule has 0 bridgehead atoms. The third-order valence-electron chi connectivity index (χ3n) is 3.29. The van der Waals surface area contributed by atoms with Gasteiger partial charge in [-0.25, -0.2) is 4.79 Å². The van der Waals surface area contributed by atoms with Crippen LogP contribution in [0.15, 0.2) is 21.3 Å². The summed E-state index contributed by atoms with van der Waals surface area (Å²) in [6.45, 7) is 5.21. The summed E-state index contributed by atoms with van der Waals surface area (Å²) in [5.74, 6) is 0.735. The molecule has 0 unspecified atom stereocenters. The lowest BCUT2D eigenvalue weighted by molar-refractivity contribution is 0.307. The summed E-state index contributed by atoms with van der Waals surface area (Å²) in [7, 11) is 1.91. The van der Waals surface area contributed by atoms with Crippen LogP contribution in [0.5, 0.6) is 5.75 Å². The molecule has 1 heterocycles. The summed E-state index contributed by atoms with van der Waals surface area (Å²) >= 11 is 5.92. The number of rotatable bonds is 5. The number of nitrogens with one attached hydrogen (secondary N) is 1. The van der Waals surface area contributed by atoms with Gasteiger partial charge in [-0.1, -0.05) is 11.6 Å². The van der Waals surface area contributed by atoms with E-state index in [2.05, 4.69) is 5.32 Å². The first kappa shape index (κ1) is 17.8. The lowest BCUT2D eigenvalue weighted by atomic mass is 10.1. The molecule has 1 aromatic heterocycles. The van der Waals surface area contributed by atoms with Gasteiger partial charge in [0.25, 0.3) is 0 Å². The molecule has 0 saturated carbocycles. The lowest BCUT2D eigenvalue weighted by Gasteiger charge is -2.11. The zero-order chi connectivity index (χ0) is 14.7. The molecule has 2 rings (SSSR count). The van der Waals surface area contributed by atoms with Crippen molar-refractivity contribution in [2.45, 2.75) is 20.3 Å². The number of benzene rings is 1. The SMILES string of the molecule is CNCCCOc1ccc2c(C)c(Cl)c(=O)oc2c1C.Cl. The molecule has 1 N–H and O–H groups in total. The van der Waals surface area contributed by atoms with Gasteiger partial charge < -0.3 is 14.5 Å². The fourth-order valence-corrected chi connectivity index (χ4v) is 2.24. The van der Waals surface area contributed by atoms with E-state index < -0.39 is 5.63 Å². The van der Waals surface area contributed by atoms with E-state index in [-0.39, 0.29) is 17.4 Å². The van der Waals surface area contributed by atoms with Crippen LogP contribution in [0.25, 0.3) is 11.0 Å². The second kappa shape index (κ2) is 7.69. The Kier molecular flexibility index (Phi) is 6.52. The van der Waals surface area contributed by atoms with E-state index in [1.807, 2.05) is 33.0 Å². The van der Waals surface area contributed by atoms with Gasteiger partial charge in [0.05, 0.1) is 6.61 Å². The van der Waals surface area contributed by atoms with Gasteiger partial charge in [0.1, 0.15) is 16.4 Å². The minimum Gasteiger partial charge on any atom is -0.493 e. The number of hydrogen-bond donors (Lipinski definition) is 1. The van der Waals surface area contributed by atoms with Crippen LogP contribution >= 0.6 is 24.0 Å². The van der Waals surface area contributed by atoms with Crippen LogP contribution in [-0.2, 0) is 0 Å². The summed E-state index contributed by atoms with van der Waals surface area (Å²) < 4.78 is 11.0. The number of ether oxygens (including phenoxy) is 1. The molecule has 0 fully saturated rings. The van der Waals surface area contributed by atoms with Crippen LogP contribution in [-0.4, -0.2) is 20.2 Å². The molecule has 0 aliphatic carbocycles. The highest BCUT2D eigenvalue weighted by molar-refractivity contribution is 6.31. The highest BCUT2D eigenvalue weighted by Gasteiger charge is 2.13. The Balaban J connectivity index is 0.00000220. The van der Waals surface area contributed by atoms with E-state index in [0.717, 1.165) is 35.2 Å². The van der Waals surface area contributed by atoms with Crippen molar-refractivity contribution in [3.8, 4) is 5.75 Å². The maximum atomic E-state index is 11.7. The first-order chi connectivity index (χ1) is 9.56. The number of fused-ring (bicyclic) bond motifs is 1. The van der Waals surface area contributed by atoms with E-state index in [4.69, 9.17) is 20.8 Å². The summed E-state index contributed by atoms with van der Waals surface area (Å²) in [6.07, 6.45) is 0.914. The van der Waals surface area contributed by atoms with Crippen LogP contribution in [0.3, 0.4) is 0 Å². The van der Waals surface area contributed by atoms with Crippen molar-refractivity contribution in [2.24, 2.45) is 0 Å². The minimum absolute atomic E-state index is 0. The number of halogens is 2. The van der Waals surface area contributed by atoms with Gasteiger partial charge in [-0.05, 0) is 51.6 Å². The van der Waals surface area contributed by atoms with E-state index in [1.165, 1.54) is 0 Å².